The van der Waals surface area contributed by atoms with Gasteiger partial charge in [-0.1, -0.05) is 32.0 Å². The molecule has 31 heavy (non-hydrogen) atoms. The Morgan fingerprint density at radius 3 is 2.58 bits per heavy atom. The van der Waals surface area contributed by atoms with Crippen molar-refractivity contribution in [2.45, 2.75) is 46.6 Å². The van der Waals surface area contributed by atoms with E-state index in [1.165, 1.54) is 7.11 Å². The summed E-state index contributed by atoms with van der Waals surface area (Å²) in [6.07, 6.45) is 1.72. The van der Waals surface area contributed by atoms with Crippen LogP contribution >= 0.6 is 0 Å². The lowest BCUT2D eigenvalue weighted by Gasteiger charge is -2.20. The van der Waals surface area contributed by atoms with E-state index >= 15 is 0 Å². The van der Waals surface area contributed by atoms with E-state index in [1.807, 2.05) is 32.0 Å². The van der Waals surface area contributed by atoms with Gasteiger partial charge in [0, 0.05) is 24.7 Å². The molecule has 6 nitrogen and oxygen atoms in total. The van der Waals surface area contributed by atoms with Crippen LogP contribution in [-0.4, -0.2) is 22.6 Å². The number of nitrogens with one attached hydrogen (secondary N) is 1. The quantitative estimate of drug-likeness (QED) is 0.555. The minimum atomic E-state index is -0.396. The molecule has 0 saturated carbocycles. The molecule has 0 radical (unpaired) electrons. The average Bonchev–Trinajstić information content (AvgIpc) is 2.74. The number of anilines is 1. The maximum absolute atomic E-state index is 13.1. The second-order valence-corrected chi connectivity index (χ2v) is 8.48. The zero-order chi connectivity index (χ0) is 22.7. The van der Waals surface area contributed by atoms with Gasteiger partial charge in [-0.2, -0.15) is 0 Å². The van der Waals surface area contributed by atoms with Crippen molar-refractivity contribution in [1.82, 2.24) is 9.55 Å². The number of benzene rings is 2. The minimum absolute atomic E-state index is 0.0316. The van der Waals surface area contributed by atoms with Gasteiger partial charge in [0.05, 0.1) is 29.6 Å². The van der Waals surface area contributed by atoms with E-state index < -0.39 is 5.97 Å². The summed E-state index contributed by atoms with van der Waals surface area (Å²) in [6.45, 7) is 8.32. The largest absolute Gasteiger partial charge is 0.465 e. The van der Waals surface area contributed by atoms with Gasteiger partial charge in [0.1, 0.15) is 5.82 Å². The van der Waals surface area contributed by atoms with Gasteiger partial charge in [-0.15, -0.1) is 0 Å². The van der Waals surface area contributed by atoms with Gasteiger partial charge in [0.25, 0.3) is 5.56 Å². The van der Waals surface area contributed by atoms with Crippen LogP contribution in [-0.2, 0) is 18.2 Å². The van der Waals surface area contributed by atoms with Crippen LogP contribution in [0.4, 0.5) is 5.69 Å². The molecule has 6 heteroatoms. The van der Waals surface area contributed by atoms with Gasteiger partial charge in [-0.3, -0.25) is 9.36 Å². The maximum atomic E-state index is 13.1. The highest BCUT2D eigenvalue weighted by atomic mass is 16.5. The average molecular weight is 422 g/mol. The first-order valence-corrected chi connectivity index (χ1v) is 10.7. The topological polar surface area (TPSA) is 73.2 Å². The van der Waals surface area contributed by atoms with Crippen LogP contribution in [0.25, 0.3) is 10.9 Å². The fourth-order valence-electron chi connectivity index (χ4n) is 3.78. The number of fused-ring (bicyclic) bond motifs is 1. The third-order valence-corrected chi connectivity index (χ3v) is 5.56. The second kappa shape index (κ2) is 9.33. The molecule has 0 fully saturated rings. The molecule has 2 aromatic carbocycles. The minimum Gasteiger partial charge on any atom is -0.465 e. The summed E-state index contributed by atoms with van der Waals surface area (Å²) in [5.74, 6) is 0.923. The molecule has 1 heterocycles. The Morgan fingerprint density at radius 1 is 1.19 bits per heavy atom. The Balaban J connectivity index is 2.09. The Hall–Kier alpha value is -3.15. The van der Waals surface area contributed by atoms with Crippen molar-refractivity contribution in [3.05, 3.63) is 69.3 Å². The van der Waals surface area contributed by atoms with Crippen molar-refractivity contribution < 1.29 is 9.53 Å². The number of hydrogen-bond acceptors (Lipinski definition) is 5. The first-order chi connectivity index (χ1) is 14.7. The summed E-state index contributed by atoms with van der Waals surface area (Å²) in [7, 11) is 3.16. The molecular weight excluding hydrogens is 390 g/mol. The fraction of sp³-hybridized carbons (Fsp3) is 0.400. The van der Waals surface area contributed by atoms with Gasteiger partial charge in [-0.25, -0.2) is 9.78 Å². The van der Waals surface area contributed by atoms with Crippen LogP contribution in [0.15, 0.2) is 41.2 Å². The molecule has 0 aliphatic carbocycles. The summed E-state index contributed by atoms with van der Waals surface area (Å²) >= 11 is 0. The van der Waals surface area contributed by atoms with Crippen LogP contribution in [0.2, 0.25) is 0 Å². The summed E-state index contributed by atoms with van der Waals surface area (Å²) in [6, 6.07) is 11.0. The lowest BCUT2D eigenvalue weighted by atomic mass is 10.00. The SMILES string of the molecule is COC(=O)c1ccccc1NC(C)c1cc(C)cc2c(=O)n(C)c(CCC(C)C)nc12. The molecule has 1 unspecified atom stereocenters. The third kappa shape index (κ3) is 4.79. The molecule has 1 aromatic heterocycles. The number of aromatic nitrogens is 2. The summed E-state index contributed by atoms with van der Waals surface area (Å²) in [5.41, 5.74) is 3.75. The van der Waals surface area contributed by atoms with Gasteiger partial charge >= 0.3 is 5.97 Å². The van der Waals surface area contributed by atoms with Crippen LogP contribution in [0.1, 0.15) is 60.5 Å². The number of nitrogens with zero attached hydrogens (tertiary/aromatic N) is 2. The van der Waals surface area contributed by atoms with Gasteiger partial charge in [-0.05, 0) is 49.9 Å². The molecule has 0 aliphatic rings. The maximum Gasteiger partial charge on any atom is 0.339 e. The Kier molecular flexibility index (Phi) is 6.78. The first-order valence-electron chi connectivity index (χ1n) is 10.7. The Bertz CT molecular complexity index is 1160. The van der Waals surface area contributed by atoms with E-state index in [4.69, 9.17) is 9.72 Å². The van der Waals surface area contributed by atoms with E-state index in [1.54, 1.807) is 23.7 Å². The van der Waals surface area contributed by atoms with Crippen LogP contribution in [0.5, 0.6) is 0 Å². The fourth-order valence-corrected chi connectivity index (χ4v) is 3.78. The number of hydrogen-bond donors (Lipinski definition) is 1. The van der Waals surface area contributed by atoms with Crippen molar-refractivity contribution in [3.63, 3.8) is 0 Å². The molecule has 0 aliphatic heterocycles. The van der Waals surface area contributed by atoms with Gasteiger partial charge in [0.2, 0.25) is 0 Å². The van der Waals surface area contributed by atoms with Gasteiger partial charge in [0.15, 0.2) is 0 Å². The number of para-hydroxylation sites is 1. The van der Waals surface area contributed by atoms with Gasteiger partial charge < -0.3 is 10.1 Å². The summed E-state index contributed by atoms with van der Waals surface area (Å²) in [5, 5.41) is 4.03. The second-order valence-electron chi connectivity index (χ2n) is 8.48. The Morgan fingerprint density at radius 2 is 1.90 bits per heavy atom. The van der Waals surface area contributed by atoms with E-state index in [9.17, 15) is 9.59 Å². The predicted molar refractivity (Wildman–Crippen MR) is 125 cm³/mol. The highest BCUT2D eigenvalue weighted by Crippen LogP contribution is 2.28. The van der Waals surface area contributed by atoms with E-state index in [0.717, 1.165) is 29.8 Å². The van der Waals surface area contributed by atoms with Crippen LogP contribution < -0.4 is 10.9 Å². The number of ether oxygens (including phenoxy) is 1. The molecule has 0 amide bonds. The van der Waals surface area contributed by atoms with Crippen molar-refractivity contribution >= 4 is 22.6 Å². The number of esters is 1. The molecule has 1 atom stereocenters. The lowest BCUT2D eigenvalue weighted by Crippen LogP contribution is -2.24. The number of aryl methyl sites for hydroxylation is 2. The highest BCUT2D eigenvalue weighted by molar-refractivity contribution is 5.95. The smallest absolute Gasteiger partial charge is 0.339 e. The number of methoxy groups -OCH3 is 1. The first kappa shape index (κ1) is 22.5. The van der Waals surface area contributed by atoms with E-state index in [2.05, 4.69) is 25.2 Å². The van der Waals surface area contributed by atoms with Crippen LogP contribution in [0.3, 0.4) is 0 Å². The standard InChI is InChI=1S/C25H31N3O3/c1-15(2)11-12-22-27-23-19(13-16(3)14-20(23)24(29)28(22)5)17(4)26-21-10-8-7-9-18(21)25(30)31-6/h7-10,13-15,17,26H,11-12H2,1-6H3. The molecule has 1 N–H and O–H groups in total. The molecule has 3 rings (SSSR count). The molecule has 0 bridgehead atoms. The lowest BCUT2D eigenvalue weighted by molar-refractivity contribution is 0.0602. The normalized spacial score (nSPS) is 12.2. The van der Waals surface area contributed by atoms with E-state index in [-0.39, 0.29) is 11.6 Å². The Labute approximate surface area is 183 Å². The molecule has 0 spiro atoms. The van der Waals surface area contributed by atoms with Crippen molar-refractivity contribution in [1.29, 1.82) is 0 Å². The molecule has 164 valence electrons. The molecule has 0 saturated heterocycles. The third-order valence-electron chi connectivity index (χ3n) is 5.56. The molecular formula is C25H31N3O3. The summed E-state index contributed by atoms with van der Waals surface area (Å²) < 4.78 is 6.57. The number of carbonyl (C=O) groups excluding carboxylic acids is 1. The zero-order valence-electron chi connectivity index (χ0n) is 19.2. The van der Waals surface area contributed by atoms with Crippen molar-refractivity contribution in [2.75, 3.05) is 12.4 Å². The monoisotopic (exact) mass is 421 g/mol. The molecule has 3 aromatic rings. The predicted octanol–water partition coefficient (Wildman–Crippen LogP) is 4.79. The van der Waals surface area contributed by atoms with Crippen molar-refractivity contribution in [3.8, 4) is 0 Å². The summed E-state index contributed by atoms with van der Waals surface area (Å²) in [4.78, 5) is 30.2. The number of rotatable bonds is 7. The van der Waals surface area contributed by atoms with E-state index in [0.29, 0.717) is 28.1 Å². The zero-order valence-corrected chi connectivity index (χ0v) is 19.2. The van der Waals surface area contributed by atoms with Crippen LogP contribution in [0, 0.1) is 12.8 Å². The number of carbonyl (C=O) groups is 1. The van der Waals surface area contributed by atoms with Crippen molar-refractivity contribution in [2.24, 2.45) is 13.0 Å². The highest BCUT2D eigenvalue weighted by Gasteiger charge is 2.19.